The Bertz CT molecular complexity index is 185. The van der Waals surface area contributed by atoms with Crippen LogP contribution in [0, 0.1) is 11.8 Å². The van der Waals surface area contributed by atoms with E-state index in [9.17, 15) is 5.11 Å². The lowest BCUT2D eigenvalue weighted by molar-refractivity contribution is -0.104. The summed E-state index contributed by atoms with van der Waals surface area (Å²) in [4.78, 5) is 0. The quantitative estimate of drug-likeness (QED) is 0.507. The van der Waals surface area contributed by atoms with Crippen LogP contribution in [0.25, 0.3) is 0 Å². The van der Waals surface area contributed by atoms with Gasteiger partial charge in [0.25, 0.3) is 0 Å². The van der Waals surface area contributed by atoms with E-state index in [1.807, 2.05) is 6.92 Å². The monoisotopic (exact) mass is 168 g/mol. The molecule has 0 aromatic heterocycles. The molecule has 12 heavy (non-hydrogen) atoms. The van der Waals surface area contributed by atoms with Gasteiger partial charge in [-0.3, -0.25) is 0 Å². The molecule has 1 aliphatic heterocycles. The molecule has 2 bridgehead atoms. The molecule has 0 spiro atoms. The van der Waals surface area contributed by atoms with Crippen molar-refractivity contribution in [2.45, 2.75) is 31.1 Å². The Hall–Kier alpha value is -0.0551. The molecule has 5 atom stereocenters. The van der Waals surface area contributed by atoms with Gasteiger partial charge >= 0.3 is 0 Å². The fraction of sp³-hybridized carbons (Fsp3) is 1.00. The summed E-state index contributed by atoms with van der Waals surface area (Å²) < 4.78 is 5.36. The first-order valence-electron chi connectivity index (χ1n) is 4.33. The van der Waals surface area contributed by atoms with E-state index >= 15 is 0 Å². The lowest BCUT2D eigenvalue weighted by Gasteiger charge is -2.30. The molecule has 0 amide bonds. The van der Waals surface area contributed by atoms with E-state index in [0.717, 1.165) is 0 Å². The maximum atomic E-state index is 9.76. The average molecular weight is 168 g/mol. The lowest BCUT2D eigenvalue weighted by atomic mass is 9.81. The highest BCUT2D eigenvalue weighted by Crippen LogP contribution is 2.50. The van der Waals surface area contributed by atoms with E-state index in [0.29, 0.717) is 12.3 Å². The normalized spacial score (nSPS) is 57.9. The molecule has 2 aliphatic rings. The maximum Gasteiger partial charge on any atom is 0.117 e. The summed E-state index contributed by atoms with van der Waals surface area (Å²) >= 11 is 0. The topological polar surface area (TPSA) is 49.7 Å². The molecule has 1 heterocycles. The van der Waals surface area contributed by atoms with Crippen LogP contribution in [-0.2, 0) is 4.74 Å². The molecule has 2 rings (SSSR count). The Balaban J connectivity index is 2.28. The highest BCUT2D eigenvalue weighted by atomic mass is 16.5. The Morgan fingerprint density at radius 1 is 1.67 bits per heavy atom. The summed E-state index contributed by atoms with van der Waals surface area (Å²) in [6.45, 7) is 1.90. The maximum absolute atomic E-state index is 9.76. The number of aliphatic hydroxyl groups excluding tert-OH is 2. The Morgan fingerprint density at radius 3 is 2.67 bits per heavy atom. The van der Waals surface area contributed by atoms with Gasteiger partial charge in [0.05, 0.1) is 12.7 Å². The molecule has 1 saturated heterocycles. The first kappa shape index (κ1) is 8.54. The molecule has 3 nitrogen and oxygen atoms in total. The molecule has 2 N–H and O–H groups in total. The summed E-state index contributed by atoms with van der Waals surface area (Å²) in [5.41, 5.74) is -0.760. The van der Waals surface area contributed by atoms with Crippen LogP contribution in [0.3, 0.4) is 0 Å². The van der Waals surface area contributed by atoms with Gasteiger partial charge in [-0.2, -0.15) is 0 Å². The van der Waals surface area contributed by atoms with Crippen molar-refractivity contribution >= 4 is 7.85 Å². The highest BCUT2D eigenvalue weighted by molar-refractivity contribution is 6.11. The van der Waals surface area contributed by atoms with E-state index in [4.69, 9.17) is 17.7 Å². The van der Waals surface area contributed by atoms with Crippen molar-refractivity contribution in [3.05, 3.63) is 0 Å². The average Bonchev–Trinajstić information content (AvgIpc) is 2.37. The molecule has 1 aliphatic carbocycles. The number of hydrogen-bond donors (Lipinski definition) is 2. The third-order valence-corrected chi connectivity index (χ3v) is 3.25. The number of hydrogen-bond acceptors (Lipinski definition) is 3. The zero-order chi connectivity index (χ0) is 8.93. The number of aliphatic hydroxyl groups is 2. The largest absolute Gasteiger partial charge is 0.393 e. The number of ether oxygens (including phenoxy) is 1. The zero-order valence-electron chi connectivity index (χ0n) is 7.10. The summed E-state index contributed by atoms with van der Waals surface area (Å²) in [7, 11) is 5.67. The van der Waals surface area contributed by atoms with Gasteiger partial charge in [-0.1, -0.05) is 6.92 Å². The number of rotatable bonds is 1. The van der Waals surface area contributed by atoms with Crippen LogP contribution in [0.5, 0.6) is 0 Å². The van der Waals surface area contributed by atoms with Gasteiger partial charge in [0.2, 0.25) is 0 Å². The van der Waals surface area contributed by atoms with E-state index < -0.39 is 17.7 Å². The van der Waals surface area contributed by atoms with Crippen LogP contribution in [0.15, 0.2) is 0 Å². The first-order chi connectivity index (χ1) is 5.60. The molecule has 4 heteroatoms. The molecule has 0 aromatic carbocycles. The van der Waals surface area contributed by atoms with E-state index in [1.165, 1.54) is 0 Å². The minimum Gasteiger partial charge on any atom is -0.393 e. The molecule has 0 aromatic rings. The molecule has 66 valence electrons. The van der Waals surface area contributed by atoms with Crippen molar-refractivity contribution in [3.8, 4) is 0 Å². The Labute approximate surface area is 73.1 Å². The minimum absolute atomic E-state index is 0.00264. The second-order valence-electron chi connectivity index (χ2n) is 4.01. The highest BCUT2D eigenvalue weighted by Gasteiger charge is 2.60. The molecule has 2 fully saturated rings. The van der Waals surface area contributed by atoms with Crippen molar-refractivity contribution in [2.24, 2.45) is 11.8 Å². The summed E-state index contributed by atoms with van der Waals surface area (Å²) in [5.74, 6) is 0.341. The van der Waals surface area contributed by atoms with Crippen molar-refractivity contribution < 1.29 is 14.9 Å². The Morgan fingerprint density at radius 2 is 2.33 bits per heavy atom. The fourth-order valence-electron chi connectivity index (χ4n) is 2.63. The van der Waals surface area contributed by atoms with Gasteiger partial charge in [0.1, 0.15) is 13.4 Å². The van der Waals surface area contributed by atoms with Crippen molar-refractivity contribution in [1.29, 1.82) is 0 Å². The zero-order valence-corrected chi connectivity index (χ0v) is 7.10. The summed E-state index contributed by atoms with van der Waals surface area (Å²) in [6, 6.07) is -0.407. The SMILES string of the molecule is [B][C@@H]1O[C@@]2(CO)CC(C)[C@@H]1[C@H]2O. The van der Waals surface area contributed by atoms with Crippen LogP contribution in [-0.4, -0.2) is 42.4 Å². The van der Waals surface area contributed by atoms with Crippen LogP contribution in [0.4, 0.5) is 0 Å². The molecule has 1 unspecified atom stereocenters. The predicted molar refractivity (Wildman–Crippen MR) is 43.7 cm³/mol. The van der Waals surface area contributed by atoms with Gasteiger partial charge in [-0.15, -0.1) is 0 Å². The second-order valence-corrected chi connectivity index (χ2v) is 4.01. The van der Waals surface area contributed by atoms with Crippen LogP contribution < -0.4 is 0 Å². The lowest BCUT2D eigenvalue weighted by Crippen LogP contribution is -2.41. The number of fused-ring (bicyclic) bond motifs is 2. The molecular weight excluding hydrogens is 155 g/mol. The Kier molecular flexibility index (Phi) is 1.76. The van der Waals surface area contributed by atoms with Crippen LogP contribution in [0.2, 0.25) is 0 Å². The minimum atomic E-state index is -0.760. The third-order valence-electron chi connectivity index (χ3n) is 3.25. The second kappa shape index (κ2) is 2.47. The van der Waals surface area contributed by atoms with Crippen molar-refractivity contribution in [3.63, 3.8) is 0 Å². The van der Waals surface area contributed by atoms with Crippen molar-refractivity contribution in [2.75, 3.05) is 6.61 Å². The first-order valence-corrected chi connectivity index (χ1v) is 4.33. The standard InChI is InChI=1S/C8H13BO3/c1-4-2-8(3-10)6(11)5(4)7(9)12-8/h4-7,10-11H,2-3H2,1H3/t4?,5-,6-,7-,8-/m1/s1. The van der Waals surface area contributed by atoms with E-state index in [1.54, 1.807) is 0 Å². The van der Waals surface area contributed by atoms with Crippen molar-refractivity contribution in [1.82, 2.24) is 0 Å². The molecule has 1 saturated carbocycles. The van der Waals surface area contributed by atoms with Crippen LogP contribution >= 0.6 is 0 Å². The smallest absolute Gasteiger partial charge is 0.117 e. The summed E-state index contributed by atoms with van der Waals surface area (Å²) in [5, 5.41) is 18.9. The molecule has 2 radical (unpaired) electrons. The fourth-order valence-corrected chi connectivity index (χ4v) is 2.63. The third kappa shape index (κ3) is 0.831. The van der Waals surface area contributed by atoms with Crippen LogP contribution in [0.1, 0.15) is 13.3 Å². The summed E-state index contributed by atoms with van der Waals surface area (Å²) in [6.07, 6.45) is 0.121. The van der Waals surface area contributed by atoms with E-state index in [-0.39, 0.29) is 12.5 Å². The molecular formula is C8H13BO3. The van der Waals surface area contributed by atoms with E-state index in [2.05, 4.69) is 0 Å². The van der Waals surface area contributed by atoms with Gasteiger partial charge < -0.3 is 14.9 Å². The predicted octanol–water partition coefficient (Wildman–Crippen LogP) is -0.741. The van der Waals surface area contributed by atoms with Gasteiger partial charge in [-0.25, -0.2) is 0 Å². The van der Waals surface area contributed by atoms with Gasteiger partial charge in [0, 0.05) is 11.9 Å². The van der Waals surface area contributed by atoms with Gasteiger partial charge in [-0.05, 0) is 12.3 Å². The van der Waals surface area contributed by atoms with Gasteiger partial charge in [0.15, 0.2) is 0 Å².